The average Bonchev–Trinajstić information content (AvgIpc) is 3.14. The number of benzene rings is 2. The van der Waals surface area contributed by atoms with Gasteiger partial charge in [0.05, 0.1) is 5.57 Å². The predicted molar refractivity (Wildman–Crippen MR) is 106 cm³/mol. The lowest BCUT2D eigenvalue weighted by Gasteiger charge is -2.28. The zero-order chi connectivity index (χ0) is 19.7. The van der Waals surface area contributed by atoms with Gasteiger partial charge in [-0.15, -0.1) is 0 Å². The number of allylic oxidation sites excluding steroid dienone is 1. The number of tetrazole rings is 1. The second-order valence-electron chi connectivity index (χ2n) is 6.33. The molecule has 1 aromatic heterocycles. The van der Waals surface area contributed by atoms with Gasteiger partial charge in [-0.2, -0.15) is 4.68 Å². The molecular formula is C19H17BrN6O2. The molecule has 0 bridgehead atoms. The van der Waals surface area contributed by atoms with Crippen LogP contribution in [0, 0.1) is 0 Å². The third-order valence-corrected chi connectivity index (χ3v) is 4.98. The molecule has 9 heteroatoms. The van der Waals surface area contributed by atoms with E-state index < -0.39 is 11.9 Å². The SMILES string of the molecule is CC1=C(C(N)=O)[C@@H](c2cc(Br)ccc2OCc2ccccc2)n2nnnc2N1. The number of ether oxygens (including phenoxy) is 1. The molecule has 0 aliphatic carbocycles. The van der Waals surface area contributed by atoms with Gasteiger partial charge in [-0.05, 0) is 41.1 Å². The number of primary amides is 1. The Morgan fingerprint density at radius 2 is 2.07 bits per heavy atom. The van der Waals surface area contributed by atoms with Crippen LogP contribution in [0.25, 0.3) is 0 Å². The number of aromatic nitrogens is 4. The van der Waals surface area contributed by atoms with Crippen LogP contribution < -0.4 is 15.8 Å². The molecule has 0 radical (unpaired) electrons. The van der Waals surface area contributed by atoms with Gasteiger partial charge in [-0.3, -0.25) is 4.79 Å². The Morgan fingerprint density at radius 1 is 1.29 bits per heavy atom. The van der Waals surface area contributed by atoms with Crippen LogP contribution >= 0.6 is 15.9 Å². The first-order valence-corrected chi connectivity index (χ1v) is 9.35. The van der Waals surface area contributed by atoms with E-state index in [1.807, 2.05) is 48.5 Å². The average molecular weight is 441 g/mol. The van der Waals surface area contributed by atoms with Crippen LogP contribution in [0.3, 0.4) is 0 Å². The Balaban J connectivity index is 1.79. The predicted octanol–water partition coefficient (Wildman–Crippen LogP) is 2.79. The van der Waals surface area contributed by atoms with Crippen LogP contribution in [0.1, 0.15) is 24.1 Å². The molecule has 1 aliphatic rings. The van der Waals surface area contributed by atoms with E-state index in [4.69, 9.17) is 10.5 Å². The number of amides is 1. The molecular weight excluding hydrogens is 424 g/mol. The van der Waals surface area contributed by atoms with Gasteiger partial charge in [0.15, 0.2) is 0 Å². The first-order chi connectivity index (χ1) is 13.5. The lowest BCUT2D eigenvalue weighted by Crippen LogP contribution is -2.32. The van der Waals surface area contributed by atoms with Gasteiger partial charge in [0, 0.05) is 15.7 Å². The molecule has 0 spiro atoms. The molecule has 4 rings (SSSR count). The lowest BCUT2D eigenvalue weighted by atomic mass is 9.94. The molecule has 0 saturated carbocycles. The van der Waals surface area contributed by atoms with Crippen molar-refractivity contribution >= 4 is 27.8 Å². The minimum Gasteiger partial charge on any atom is -0.489 e. The van der Waals surface area contributed by atoms with Crippen molar-refractivity contribution in [2.24, 2.45) is 5.73 Å². The maximum atomic E-state index is 12.2. The third kappa shape index (κ3) is 3.36. The van der Waals surface area contributed by atoms with Crippen molar-refractivity contribution in [3.63, 3.8) is 0 Å². The van der Waals surface area contributed by atoms with Gasteiger partial charge in [0.1, 0.15) is 18.4 Å². The summed E-state index contributed by atoms with van der Waals surface area (Å²) in [4.78, 5) is 12.2. The number of hydrogen-bond acceptors (Lipinski definition) is 6. The maximum Gasteiger partial charge on any atom is 0.248 e. The summed E-state index contributed by atoms with van der Waals surface area (Å²) in [7, 11) is 0. The van der Waals surface area contributed by atoms with Crippen molar-refractivity contribution in [3.8, 4) is 5.75 Å². The highest BCUT2D eigenvalue weighted by Crippen LogP contribution is 2.39. The van der Waals surface area contributed by atoms with Crippen molar-refractivity contribution < 1.29 is 9.53 Å². The second kappa shape index (κ2) is 7.43. The fraction of sp³-hybridized carbons (Fsp3) is 0.158. The molecule has 1 atom stereocenters. The van der Waals surface area contributed by atoms with E-state index >= 15 is 0 Å². The Hall–Kier alpha value is -3.20. The largest absolute Gasteiger partial charge is 0.489 e. The van der Waals surface area contributed by atoms with Crippen molar-refractivity contribution in [1.82, 2.24) is 20.2 Å². The fourth-order valence-corrected chi connectivity index (χ4v) is 3.60. The van der Waals surface area contributed by atoms with Gasteiger partial charge >= 0.3 is 0 Å². The van der Waals surface area contributed by atoms with Gasteiger partial charge < -0.3 is 15.8 Å². The number of halogens is 1. The number of nitrogens with zero attached hydrogens (tertiary/aromatic N) is 4. The third-order valence-electron chi connectivity index (χ3n) is 4.48. The number of nitrogens with two attached hydrogens (primary N) is 1. The Kier molecular flexibility index (Phi) is 4.82. The molecule has 0 fully saturated rings. The van der Waals surface area contributed by atoms with Gasteiger partial charge in [0.2, 0.25) is 11.9 Å². The minimum absolute atomic E-state index is 0.377. The second-order valence-corrected chi connectivity index (χ2v) is 7.25. The van der Waals surface area contributed by atoms with Crippen LogP contribution in [0.4, 0.5) is 5.95 Å². The summed E-state index contributed by atoms with van der Waals surface area (Å²) < 4.78 is 8.46. The number of carbonyl (C=O) groups is 1. The number of hydrogen-bond donors (Lipinski definition) is 2. The number of fused-ring (bicyclic) bond motifs is 1. The van der Waals surface area contributed by atoms with E-state index in [9.17, 15) is 4.79 Å². The van der Waals surface area contributed by atoms with Crippen LogP contribution in [0.15, 0.2) is 64.3 Å². The summed E-state index contributed by atoms with van der Waals surface area (Å²) in [6, 6.07) is 14.9. The van der Waals surface area contributed by atoms with Crippen LogP contribution in [-0.2, 0) is 11.4 Å². The Bertz CT molecular complexity index is 1060. The number of rotatable bonds is 5. The Morgan fingerprint density at radius 3 is 2.82 bits per heavy atom. The summed E-state index contributed by atoms with van der Waals surface area (Å²) in [6.45, 7) is 2.16. The normalized spacial score (nSPS) is 15.7. The summed E-state index contributed by atoms with van der Waals surface area (Å²) in [5, 5.41) is 14.8. The summed E-state index contributed by atoms with van der Waals surface area (Å²) in [5.41, 5.74) is 8.44. The van der Waals surface area contributed by atoms with Gasteiger partial charge in [-0.1, -0.05) is 51.4 Å². The van der Waals surface area contributed by atoms with Crippen LogP contribution in [-0.4, -0.2) is 26.1 Å². The summed E-state index contributed by atoms with van der Waals surface area (Å²) in [6.07, 6.45) is 0. The topological polar surface area (TPSA) is 108 Å². The first kappa shape index (κ1) is 18.2. The first-order valence-electron chi connectivity index (χ1n) is 8.56. The highest BCUT2D eigenvalue weighted by molar-refractivity contribution is 9.10. The molecule has 2 aromatic carbocycles. The molecule has 3 aromatic rings. The van der Waals surface area contributed by atoms with Gasteiger partial charge in [-0.25, -0.2) is 0 Å². The van der Waals surface area contributed by atoms with Crippen LogP contribution in [0.5, 0.6) is 5.75 Å². The van der Waals surface area contributed by atoms with E-state index in [0.29, 0.717) is 29.6 Å². The molecule has 1 amide bonds. The molecule has 28 heavy (non-hydrogen) atoms. The zero-order valence-corrected chi connectivity index (χ0v) is 16.5. The molecule has 0 unspecified atom stereocenters. The van der Waals surface area contributed by atoms with Crippen molar-refractivity contribution in [1.29, 1.82) is 0 Å². The highest BCUT2D eigenvalue weighted by Gasteiger charge is 2.34. The molecule has 8 nitrogen and oxygen atoms in total. The van der Waals surface area contributed by atoms with E-state index in [0.717, 1.165) is 15.6 Å². The molecule has 1 aliphatic heterocycles. The number of nitrogens with one attached hydrogen (secondary N) is 1. The quantitative estimate of drug-likeness (QED) is 0.631. The van der Waals surface area contributed by atoms with E-state index in [2.05, 4.69) is 36.8 Å². The number of anilines is 1. The van der Waals surface area contributed by atoms with Crippen molar-refractivity contribution in [2.45, 2.75) is 19.6 Å². The van der Waals surface area contributed by atoms with E-state index in [1.165, 1.54) is 4.68 Å². The zero-order valence-electron chi connectivity index (χ0n) is 15.0. The van der Waals surface area contributed by atoms with Crippen molar-refractivity contribution in [3.05, 3.63) is 75.4 Å². The smallest absolute Gasteiger partial charge is 0.248 e. The summed E-state index contributed by atoms with van der Waals surface area (Å²) >= 11 is 3.50. The van der Waals surface area contributed by atoms with Gasteiger partial charge in [0.25, 0.3) is 0 Å². The van der Waals surface area contributed by atoms with Crippen molar-refractivity contribution in [2.75, 3.05) is 5.32 Å². The molecule has 0 saturated heterocycles. The van der Waals surface area contributed by atoms with E-state index in [-0.39, 0.29) is 0 Å². The molecule has 3 N–H and O–H groups in total. The molecule has 142 valence electrons. The standard InChI is InChI=1S/C19H17BrN6O2/c1-11-16(18(21)27)17(26-19(22-11)23-24-25-26)14-9-13(20)7-8-15(14)28-10-12-5-3-2-4-6-12/h2-9,17H,10H2,1H3,(H2,21,27)(H,22,23,25)/t17-/m1/s1. The Labute approximate surface area is 169 Å². The molecule has 2 heterocycles. The van der Waals surface area contributed by atoms with Crippen LogP contribution in [0.2, 0.25) is 0 Å². The van der Waals surface area contributed by atoms with E-state index in [1.54, 1.807) is 6.92 Å². The summed E-state index contributed by atoms with van der Waals surface area (Å²) in [5.74, 6) is 0.499. The minimum atomic E-state index is -0.605. The number of carbonyl (C=O) groups excluding carboxylic acids is 1. The monoisotopic (exact) mass is 440 g/mol. The lowest BCUT2D eigenvalue weighted by molar-refractivity contribution is -0.115. The maximum absolute atomic E-state index is 12.2. The fourth-order valence-electron chi connectivity index (χ4n) is 3.22. The highest BCUT2D eigenvalue weighted by atomic mass is 79.9.